The van der Waals surface area contributed by atoms with Crippen molar-refractivity contribution in [2.75, 3.05) is 12.4 Å². The predicted octanol–water partition coefficient (Wildman–Crippen LogP) is 5.54. The number of benzene rings is 3. The minimum atomic E-state index is -0.570. The number of anilines is 1. The van der Waals surface area contributed by atoms with Crippen molar-refractivity contribution in [3.63, 3.8) is 0 Å². The summed E-state index contributed by atoms with van der Waals surface area (Å²) in [5.74, 6) is 0.561. The van der Waals surface area contributed by atoms with Crippen molar-refractivity contribution in [1.82, 2.24) is 5.43 Å². The molecule has 0 aliphatic heterocycles. The number of hydrogen-bond donors (Lipinski definition) is 2. The number of rotatable bonds is 6. The Morgan fingerprint density at radius 2 is 1.68 bits per heavy atom. The highest BCUT2D eigenvalue weighted by Crippen LogP contribution is 2.23. The van der Waals surface area contributed by atoms with Crippen molar-refractivity contribution in [2.45, 2.75) is 0 Å². The fraction of sp³-hybridized carbons (Fsp3) is 0.0455. The standard InChI is InChI=1S/C22H17Cl2N3O3S/c1-29-17-9-5-16(6-10-17)26-22(31)27-25-13-14-2-7-18(8-3-14)30-21(28)19-11-4-15(23)12-20(19)24/h2-13H,1H3,(H2,26,27,31). The molecule has 3 aromatic carbocycles. The largest absolute Gasteiger partial charge is 0.497 e. The summed E-state index contributed by atoms with van der Waals surface area (Å²) in [6.45, 7) is 0. The van der Waals surface area contributed by atoms with Crippen LogP contribution in [0.3, 0.4) is 0 Å². The molecule has 0 fully saturated rings. The van der Waals surface area contributed by atoms with Gasteiger partial charge in [0.05, 0.1) is 23.9 Å². The molecule has 2 N–H and O–H groups in total. The maximum atomic E-state index is 12.2. The van der Waals surface area contributed by atoms with E-state index in [1.54, 1.807) is 43.7 Å². The molecule has 31 heavy (non-hydrogen) atoms. The lowest BCUT2D eigenvalue weighted by Crippen LogP contribution is -2.23. The third kappa shape index (κ3) is 6.68. The van der Waals surface area contributed by atoms with Gasteiger partial charge in [-0.05, 0) is 84.5 Å². The molecular weight excluding hydrogens is 457 g/mol. The zero-order valence-corrected chi connectivity index (χ0v) is 18.6. The molecule has 0 amide bonds. The van der Waals surface area contributed by atoms with E-state index in [-0.39, 0.29) is 10.6 Å². The summed E-state index contributed by atoms with van der Waals surface area (Å²) in [4.78, 5) is 12.2. The number of esters is 1. The molecule has 0 saturated heterocycles. The van der Waals surface area contributed by atoms with Crippen molar-refractivity contribution in [1.29, 1.82) is 0 Å². The fourth-order valence-electron chi connectivity index (χ4n) is 2.44. The first-order chi connectivity index (χ1) is 14.9. The van der Waals surface area contributed by atoms with Crippen molar-refractivity contribution < 1.29 is 14.3 Å². The summed E-state index contributed by atoms with van der Waals surface area (Å²) in [6.07, 6.45) is 1.59. The predicted molar refractivity (Wildman–Crippen MR) is 128 cm³/mol. The van der Waals surface area contributed by atoms with Crippen LogP contribution in [0.4, 0.5) is 5.69 Å². The molecule has 0 unspecified atom stereocenters. The average Bonchev–Trinajstić information content (AvgIpc) is 2.75. The molecule has 0 saturated carbocycles. The molecule has 0 bridgehead atoms. The minimum Gasteiger partial charge on any atom is -0.497 e. The summed E-state index contributed by atoms with van der Waals surface area (Å²) in [5, 5.41) is 8.11. The fourth-order valence-corrected chi connectivity index (χ4v) is 3.09. The lowest BCUT2D eigenvalue weighted by atomic mass is 10.2. The molecule has 0 radical (unpaired) electrons. The van der Waals surface area contributed by atoms with Gasteiger partial charge in [-0.3, -0.25) is 5.43 Å². The maximum Gasteiger partial charge on any atom is 0.345 e. The second-order valence-electron chi connectivity index (χ2n) is 6.14. The number of hydrazone groups is 1. The summed E-state index contributed by atoms with van der Waals surface area (Å²) in [5.41, 5.74) is 4.56. The topological polar surface area (TPSA) is 71.9 Å². The Kier molecular flexibility index (Phi) is 7.83. The molecular formula is C22H17Cl2N3O3S. The molecule has 3 rings (SSSR count). The highest BCUT2D eigenvalue weighted by molar-refractivity contribution is 7.80. The first-order valence-corrected chi connectivity index (χ1v) is 10.1. The van der Waals surface area contributed by atoms with Crippen LogP contribution < -0.4 is 20.2 Å². The van der Waals surface area contributed by atoms with Gasteiger partial charge in [-0.25, -0.2) is 4.79 Å². The zero-order valence-electron chi connectivity index (χ0n) is 16.3. The summed E-state index contributed by atoms with van der Waals surface area (Å²) >= 11 is 17.1. The van der Waals surface area contributed by atoms with Crippen molar-refractivity contribution >= 4 is 58.4 Å². The van der Waals surface area contributed by atoms with Crippen LogP contribution in [0.5, 0.6) is 11.5 Å². The number of nitrogens with zero attached hydrogens (tertiary/aromatic N) is 1. The van der Waals surface area contributed by atoms with E-state index < -0.39 is 5.97 Å². The molecule has 158 valence electrons. The highest BCUT2D eigenvalue weighted by atomic mass is 35.5. The number of nitrogens with one attached hydrogen (secondary N) is 2. The minimum absolute atomic E-state index is 0.228. The Morgan fingerprint density at radius 3 is 2.32 bits per heavy atom. The van der Waals surface area contributed by atoms with Crippen LogP contribution in [-0.2, 0) is 0 Å². The molecule has 0 aliphatic rings. The smallest absolute Gasteiger partial charge is 0.345 e. The number of ether oxygens (including phenoxy) is 2. The van der Waals surface area contributed by atoms with Gasteiger partial charge in [0.2, 0.25) is 0 Å². The first-order valence-electron chi connectivity index (χ1n) is 8.96. The van der Waals surface area contributed by atoms with E-state index >= 15 is 0 Å². The van der Waals surface area contributed by atoms with Gasteiger partial charge < -0.3 is 14.8 Å². The van der Waals surface area contributed by atoms with Gasteiger partial charge in [0.15, 0.2) is 5.11 Å². The van der Waals surface area contributed by atoms with E-state index in [9.17, 15) is 4.79 Å². The summed E-state index contributed by atoms with van der Waals surface area (Å²) in [7, 11) is 1.61. The number of thiocarbonyl (C=S) groups is 1. The summed E-state index contributed by atoms with van der Waals surface area (Å²) in [6, 6.07) is 18.7. The Morgan fingerprint density at radius 1 is 1.00 bits per heavy atom. The van der Waals surface area contributed by atoms with Crippen LogP contribution in [0.25, 0.3) is 0 Å². The normalized spacial score (nSPS) is 10.5. The van der Waals surface area contributed by atoms with E-state index in [4.69, 9.17) is 44.9 Å². The molecule has 0 atom stereocenters. The van der Waals surface area contributed by atoms with E-state index in [2.05, 4.69) is 15.8 Å². The molecule has 0 heterocycles. The van der Waals surface area contributed by atoms with Gasteiger partial charge >= 0.3 is 5.97 Å². The Bertz CT molecular complexity index is 1100. The summed E-state index contributed by atoms with van der Waals surface area (Å²) < 4.78 is 10.4. The van der Waals surface area contributed by atoms with E-state index in [1.165, 1.54) is 12.1 Å². The van der Waals surface area contributed by atoms with E-state index in [0.717, 1.165) is 17.0 Å². The lowest BCUT2D eigenvalue weighted by Gasteiger charge is -2.08. The van der Waals surface area contributed by atoms with Crippen LogP contribution in [0.15, 0.2) is 71.8 Å². The van der Waals surface area contributed by atoms with Gasteiger partial charge in [0.1, 0.15) is 11.5 Å². The van der Waals surface area contributed by atoms with Crippen LogP contribution >= 0.6 is 35.4 Å². The van der Waals surface area contributed by atoms with Gasteiger partial charge in [0.25, 0.3) is 0 Å². The zero-order chi connectivity index (χ0) is 22.2. The maximum absolute atomic E-state index is 12.2. The number of halogens is 2. The number of carbonyl (C=O) groups is 1. The monoisotopic (exact) mass is 473 g/mol. The van der Waals surface area contributed by atoms with E-state index in [1.807, 2.05) is 24.3 Å². The SMILES string of the molecule is COc1ccc(NC(=S)NN=Cc2ccc(OC(=O)c3ccc(Cl)cc3Cl)cc2)cc1. The molecule has 9 heteroatoms. The Hall–Kier alpha value is -3.13. The first kappa shape index (κ1) is 22.6. The van der Waals surface area contributed by atoms with Crippen molar-refractivity contribution in [3.8, 4) is 11.5 Å². The number of carbonyl (C=O) groups excluding carboxylic acids is 1. The highest BCUT2D eigenvalue weighted by Gasteiger charge is 2.13. The van der Waals surface area contributed by atoms with Crippen LogP contribution in [-0.4, -0.2) is 24.4 Å². The average molecular weight is 474 g/mol. The molecule has 0 aromatic heterocycles. The Balaban J connectivity index is 1.51. The van der Waals surface area contributed by atoms with Gasteiger partial charge in [0, 0.05) is 10.7 Å². The van der Waals surface area contributed by atoms with Gasteiger partial charge in [-0.2, -0.15) is 5.10 Å². The van der Waals surface area contributed by atoms with Crippen LogP contribution in [0, 0.1) is 0 Å². The molecule has 0 spiro atoms. The lowest BCUT2D eigenvalue weighted by molar-refractivity contribution is 0.0735. The third-order valence-electron chi connectivity index (χ3n) is 3.97. The van der Waals surface area contributed by atoms with Gasteiger partial charge in [-0.1, -0.05) is 23.2 Å². The molecule has 3 aromatic rings. The second-order valence-corrected chi connectivity index (χ2v) is 7.39. The molecule has 0 aliphatic carbocycles. The van der Waals surface area contributed by atoms with Crippen molar-refractivity contribution in [2.24, 2.45) is 5.10 Å². The third-order valence-corrected chi connectivity index (χ3v) is 4.71. The number of methoxy groups -OCH3 is 1. The van der Waals surface area contributed by atoms with E-state index in [0.29, 0.717) is 15.9 Å². The molecule has 6 nitrogen and oxygen atoms in total. The van der Waals surface area contributed by atoms with Crippen LogP contribution in [0.1, 0.15) is 15.9 Å². The Labute approximate surface area is 194 Å². The van der Waals surface area contributed by atoms with Crippen LogP contribution in [0.2, 0.25) is 10.0 Å². The van der Waals surface area contributed by atoms with Gasteiger partial charge in [-0.15, -0.1) is 0 Å². The second kappa shape index (κ2) is 10.8. The number of hydrogen-bond acceptors (Lipinski definition) is 5. The van der Waals surface area contributed by atoms with Crippen molar-refractivity contribution in [3.05, 3.63) is 87.9 Å². The quantitative estimate of drug-likeness (QED) is 0.161.